The fourth-order valence-electron chi connectivity index (χ4n) is 1.62. The van der Waals surface area contributed by atoms with E-state index in [1.807, 2.05) is 36.4 Å². The van der Waals surface area contributed by atoms with E-state index in [0.29, 0.717) is 11.4 Å². The summed E-state index contributed by atoms with van der Waals surface area (Å²) in [6.07, 6.45) is 0.951. The van der Waals surface area contributed by atoms with Gasteiger partial charge in [-0.05, 0) is 30.7 Å². The van der Waals surface area contributed by atoms with Gasteiger partial charge in [0.2, 0.25) is 0 Å². The first-order chi connectivity index (χ1) is 8.74. The van der Waals surface area contributed by atoms with Crippen molar-refractivity contribution in [2.24, 2.45) is 0 Å². The van der Waals surface area contributed by atoms with Crippen molar-refractivity contribution in [3.8, 4) is 5.75 Å². The zero-order valence-corrected chi connectivity index (χ0v) is 11.2. The Hall–Kier alpha value is -1.81. The third kappa shape index (κ3) is 2.71. The van der Waals surface area contributed by atoms with Crippen LogP contribution in [0.15, 0.2) is 36.4 Å². The Kier molecular flexibility index (Phi) is 3.99. The number of methoxy groups -OCH3 is 1. The minimum Gasteiger partial charge on any atom is -0.495 e. The normalized spacial score (nSPS) is 10.1. The molecule has 0 spiro atoms. The lowest BCUT2D eigenvalue weighted by Gasteiger charge is -2.08. The molecule has 94 valence electrons. The van der Waals surface area contributed by atoms with Crippen molar-refractivity contribution in [1.82, 2.24) is 0 Å². The molecule has 0 aliphatic carbocycles. The molecule has 0 fully saturated rings. The van der Waals surface area contributed by atoms with Crippen LogP contribution in [0.2, 0.25) is 0 Å². The number of hydrogen-bond donors (Lipinski definition) is 1. The SMILES string of the molecule is CCc1ccc(C(=O)Nc2ccccc2OC)s1. The van der Waals surface area contributed by atoms with E-state index < -0.39 is 0 Å². The van der Waals surface area contributed by atoms with Crippen molar-refractivity contribution < 1.29 is 9.53 Å². The molecular weight excluding hydrogens is 246 g/mol. The van der Waals surface area contributed by atoms with Crippen LogP contribution in [-0.4, -0.2) is 13.0 Å². The Morgan fingerprint density at radius 1 is 1.28 bits per heavy atom. The third-order valence-electron chi connectivity index (χ3n) is 2.59. The minimum absolute atomic E-state index is 0.0933. The van der Waals surface area contributed by atoms with Gasteiger partial charge in [0.05, 0.1) is 17.7 Å². The lowest BCUT2D eigenvalue weighted by Crippen LogP contribution is -2.10. The lowest BCUT2D eigenvalue weighted by molar-refractivity contribution is 0.103. The smallest absolute Gasteiger partial charge is 0.265 e. The zero-order chi connectivity index (χ0) is 13.0. The predicted molar refractivity (Wildman–Crippen MR) is 74.6 cm³/mol. The summed E-state index contributed by atoms with van der Waals surface area (Å²) in [5.41, 5.74) is 0.691. The summed E-state index contributed by atoms with van der Waals surface area (Å²) in [6, 6.07) is 11.2. The Labute approximate surface area is 110 Å². The van der Waals surface area contributed by atoms with Crippen LogP contribution in [0.3, 0.4) is 0 Å². The van der Waals surface area contributed by atoms with Gasteiger partial charge in [-0.2, -0.15) is 0 Å². The quantitative estimate of drug-likeness (QED) is 0.913. The molecule has 0 saturated heterocycles. The van der Waals surface area contributed by atoms with E-state index in [4.69, 9.17) is 4.74 Å². The monoisotopic (exact) mass is 261 g/mol. The molecule has 2 rings (SSSR count). The number of carbonyl (C=O) groups excluding carboxylic acids is 1. The van der Waals surface area contributed by atoms with Gasteiger partial charge in [-0.15, -0.1) is 11.3 Å². The fraction of sp³-hybridized carbons (Fsp3) is 0.214. The number of ether oxygens (including phenoxy) is 1. The summed E-state index contributed by atoms with van der Waals surface area (Å²) in [7, 11) is 1.59. The third-order valence-corrected chi connectivity index (χ3v) is 3.82. The second-order valence-corrected chi connectivity index (χ2v) is 4.94. The van der Waals surface area contributed by atoms with Gasteiger partial charge >= 0.3 is 0 Å². The summed E-state index contributed by atoms with van der Waals surface area (Å²) in [6.45, 7) is 2.08. The molecule has 0 aliphatic heterocycles. The molecule has 0 atom stereocenters. The van der Waals surface area contributed by atoms with E-state index >= 15 is 0 Å². The first-order valence-corrected chi connectivity index (χ1v) is 6.59. The highest BCUT2D eigenvalue weighted by molar-refractivity contribution is 7.14. The van der Waals surface area contributed by atoms with E-state index in [1.165, 1.54) is 16.2 Å². The maximum atomic E-state index is 12.1. The lowest BCUT2D eigenvalue weighted by atomic mass is 10.3. The number of benzene rings is 1. The van der Waals surface area contributed by atoms with E-state index in [0.717, 1.165) is 11.3 Å². The highest BCUT2D eigenvalue weighted by Crippen LogP contribution is 2.25. The van der Waals surface area contributed by atoms with E-state index in [2.05, 4.69) is 12.2 Å². The van der Waals surface area contributed by atoms with Crippen LogP contribution in [-0.2, 0) is 6.42 Å². The van der Waals surface area contributed by atoms with Crippen LogP contribution in [0.5, 0.6) is 5.75 Å². The number of aryl methyl sites for hydroxylation is 1. The van der Waals surface area contributed by atoms with Gasteiger partial charge < -0.3 is 10.1 Å². The van der Waals surface area contributed by atoms with E-state index in [9.17, 15) is 4.79 Å². The molecule has 0 radical (unpaired) electrons. The molecule has 0 saturated carbocycles. The van der Waals surface area contributed by atoms with Gasteiger partial charge in [0, 0.05) is 4.88 Å². The number of hydrogen-bond acceptors (Lipinski definition) is 3. The fourth-order valence-corrected chi connectivity index (χ4v) is 2.46. The zero-order valence-electron chi connectivity index (χ0n) is 10.4. The topological polar surface area (TPSA) is 38.3 Å². The Morgan fingerprint density at radius 3 is 2.72 bits per heavy atom. The van der Waals surface area contributed by atoms with Crippen LogP contribution in [0.25, 0.3) is 0 Å². The van der Waals surface area contributed by atoms with Crippen molar-refractivity contribution in [3.05, 3.63) is 46.2 Å². The van der Waals surface area contributed by atoms with Crippen LogP contribution >= 0.6 is 11.3 Å². The van der Waals surface area contributed by atoms with Crippen molar-refractivity contribution in [2.75, 3.05) is 12.4 Å². The van der Waals surface area contributed by atoms with E-state index in [1.54, 1.807) is 7.11 Å². The number of thiophene rings is 1. The van der Waals surface area contributed by atoms with Crippen LogP contribution in [0.4, 0.5) is 5.69 Å². The first-order valence-electron chi connectivity index (χ1n) is 5.77. The van der Waals surface area contributed by atoms with Gasteiger partial charge in [0.25, 0.3) is 5.91 Å². The van der Waals surface area contributed by atoms with Gasteiger partial charge in [0.1, 0.15) is 5.75 Å². The van der Waals surface area contributed by atoms with Crippen LogP contribution < -0.4 is 10.1 Å². The molecule has 2 aromatic rings. The van der Waals surface area contributed by atoms with Crippen LogP contribution in [0, 0.1) is 0 Å². The second-order valence-electron chi connectivity index (χ2n) is 3.77. The number of carbonyl (C=O) groups is 1. The highest BCUT2D eigenvalue weighted by atomic mass is 32.1. The molecule has 0 unspecified atom stereocenters. The van der Waals surface area contributed by atoms with Gasteiger partial charge in [-0.1, -0.05) is 19.1 Å². The summed E-state index contributed by atoms with van der Waals surface area (Å²) in [5, 5.41) is 2.86. The summed E-state index contributed by atoms with van der Waals surface area (Å²) < 4.78 is 5.20. The number of anilines is 1. The van der Waals surface area contributed by atoms with E-state index in [-0.39, 0.29) is 5.91 Å². The number of rotatable bonds is 4. The molecule has 0 bridgehead atoms. The highest BCUT2D eigenvalue weighted by Gasteiger charge is 2.11. The Morgan fingerprint density at radius 2 is 2.06 bits per heavy atom. The second kappa shape index (κ2) is 5.69. The average molecular weight is 261 g/mol. The van der Waals surface area contributed by atoms with Crippen molar-refractivity contribution in [2.45, 2.75) is 13.3 Å². The van der Waals surface area contributed by atoms with Crippen molar-refractivity contribution >= 4 is 22.9 Å². The summed E-state index contributed by atoms with van der Waals surface area (Å²) in [5.74, 6) is 0.572. The number of nitrogens with one attached hydrogen (secondary N) is 1. The molecule has 1 amide bonds. The summed E-state index contributed by atoms with van der Waals surface area (Å²) >= 11 is 1.52. The molecule has 4 heteroatoms. The molecule has 18 heavy (non-hydrogen) atoms. The van der Waals surface area contributed by atoms with Crippen molar-refractivity contribution in [1.29, 1.82) is 0 Å². The summed E-state index contributed by atoms with van der Waals surface area (Å²) in [4.78, 5) is 14.0. The first kappa shape index (κ1) is 12.6. The van der Waals surface area contributed by atoms with Gasteiger partial charge in [0.15, 0.2) is 0 Å². The predicted octanol–water partition coefficient (Wildman–Crippen LogP) is 3.57. The molecular formula is C14H15NO2S. The van der Waals surface area contributed by atoms with Crippen LogP contribution in [0.1, 0.15) is 21.5 Å². The molecule has 0 aliphatic rings. The molecule has 3 nitrogen and oxygen atoms in total. The van der Waals surface area contributed by atoms with Crippen molar-refractivity contribution in [3.63, 3.8) is 0 Å². The van der Waals surface area contributed by atoms with Gasteiger partial charge in [-0.25, -0.2) is 0 Å². The number of para-hydroxylation sites is 2. The molecule has 1 aromatic carbocycles. The minimum atomic E-state index is -0.0933. The molecule has 1 N–H and O–H groups in total. The average Bonchev–Trinajstić information content (AvgIpc) is 2.88. The molecule has 1 heterocycles. The molecule has 1 aromatic heterocycles. The Bertz CT molecular complexity index is 548. The Balaban J connectivity index is 2.16. The standard InChI is InChI=1S/C14H15NO2S/c1-3-10-8-9-13(18-10)14(16)15-11-6-4-5-7-12(11)17-2/h4-9H,3H2,1-2H3,(H,15,16). The largest absolute Gasteiger partial charge is 0.495 e. The maximum Gasteiger partial charge on any atom is 0.265 e. The van der Waals surface area contributed by atoms with Gasteiger partial charge in [-0.3, -0.25) is 4.79 Å². The maximum absolute atomic E-state index is 12.1. The number of amides is 1.